The second-order valence-corrected chi connectivity index (χ2v) is 9.70. The number of hydrogen-bond donors (Lipinski definition) is 1. The maximum Gasteiger partial charge on any atom is 0.257 e. The molecule has 0 spiro atoms. The number of carbonyl (C=O) groups excluding carboxylic acids is 1. The molecule has 1 amide bonds. The van der Waals surface area contributed by atoms with Gasteiger partial charge in [-0.2, -0.15) is 0 Å². The maximum atomic E-state index is 12.6. The topological polar surface area (TPSA) is 76.9 Å². The Hall–Kier alpha value is -2.97. The summed E-state index contributed by atoms with van der Waals surface area (Å²) in [7, 11) is 0. The number of amides is 1. The minimum absolute atomic E-state index is 0.0665. The molecule has 0 bridgehead atoms. The summed E-state index contributed by atoms with van der Waals surface area (Å²) in [5.74, 6) is 0.560. The van der Waals surface area contributed by atoms with E-state index in [2.05, 4.69) is 29.4 Å². The van der Waals surface area contributed by atoms with Crippen molar-refractivity contribution in [3.63, 3.8) is 0 Å². The molecule has 5 rings (SSSR count). The molecule has 4 aromatic rings. The number of anilines is 1. The van der Waals surface area contributed by atoms with E-state index in [-0.39, 0.29) is 23.9 Å². The highest BCUT2D eigenvalue weighted by atomic mass is 32.2. The summed E-state index contributed by atoms with van der Waals surface area (Å²) in [5, 5.41) is 4.59. The molecule has 0 radical (unpaired) electrons. The molecule has 0 saturated heterocycles. The molecule has 31 heavy (non-hydrogen) atoms. The number of hydrogen-bond acceptors (Lipinski definition) is 6. The average molecular weight is 449 g/mol. The Bertz CT molecular complexity index is 1360. The number of aromatic nitrogens is 3. The predicted molar refractivity (Wildman–Crippen MR) is 126 cm³/mol. The van der Waals surface area contributed by atoms with E-state index >= 15 is 0 Å². The van der Waals surface area contributed by atoms with Crippen LogP contribution in [0.2, 0.25) is 0 Å². The number of carbonyl (C=O) groups is 1. The van der Waals surface area contributed by atoms with Gasteiger partial charge in [0.15, 0.2) is 5.16 Å². The lowest BCUT2D eigenvalue weighted by Gasteiger charge is -2.13. The molecule has 0 fully saturated rings. The third-order valence-corrected chi connectivity index (χ3v) is 7.46. The zero-order valence-electron chi connectivity index (χ0n) is 17.1. The van der Waals surface area contributed by atoms with Gasteiger partial charge in [0.25, 0.3) is 5.56 Å². The Morgan fingerprint density at radius 2 is 2.00 bits per heavy atom. The van der Waals surface area contributed by atoms with E-state index in [1.54, 1.807) is 29.0 Å². The van der Waals surface area contributed by atoms with Crippen LogP contribution in [0.4, 0.5) is 5.69 Å². The Morgan fingerprint density at radius 3 is 2.81 bits per heavy atom. The Balaban J connectivity index is 1.29. The second-order valence-electron chi connectivity index (χ2n) is 7.68. The molecule has 3 heterocycles. The van der Waals surface area contributed by atoms with Crippen LogP contribution in [0.15, 0.2) is 58.6 Å². The van der Waals surface area contributed by atoms with Gasteiger partial charge in [-0.25, -0.2) is 9.97 Å². The smallest absolute Gasteiger partial charge is 0.257 e. The number of nitrogens with one attached hydrogen (secondary N) is 1. The van der Waals surface area contributed by atoms with Crippen LogP contribution in [0.25, 0.3) is 20.8 Å². The Kier molecular flexibility index (Phi) is 5.11. The molecular weight excluding hydrogens is 428 g/mol. The van der Waals surface area contributed by atoms with Crippen molar-refractivity contribution in [2.24, 2.45) is 0 Å². The average Bonchev–Trinajstić information content (AvgIpc) is 3.35. The normalized spacial score (nSPS) is 15.2. The largest absolute Gasteiger partial charge is 0.326 e. The molecule has 1 atom stereocenters. The molecule has 1 N–H and O–H groups in total. The molecule has 6 nitrogen and oxygen atoms in total. The summed E-state index contributed by atoms with van der Waals surface area (Å²) in [4.78, 5) is 34.1. The molecule has 1 aliphatic rings. The van der Waals surface area contributed by atoms with Crippen LogP contribution in [0.3, 0.4) is 0 Å². The summed E-state index contributed by atoms with van der Waals surface area (Å²) >= 11 is 3.18. The van der Waals surface area contributed by atoms with Gasteiger partial charge in [0.05, 0.1) is 16.3 Å². The lowest BCUT2D eigenvalue weighted by atomic mass is 10.2. The van der Waals surface area contributed by atoms with Crippen molar-refractivity contribution in [1.82, 2.24) is 14.5 Å². The van der Waals surface area contributed by atoms with Gasteiger partial charge >= 0.3 is 0 Å². The van der Waals surface area contributed by atoms with Crippen molar-refractivity contribution in [3.8, 4) is 10.6 Å². The first-order valence-electron chi connectivity index (χ1n) is 9.96. The van der Waals surface area contributed by atoms with Crippen LogP contribution in [0.5, 0.6) is 0 Å². The molecule has 2 aromatic carbocycles. The molecule has 156 valence electrons. The van der Waals surface area contributed by atoms with E-state index in [0.29, 0.717) is 16.5 Å². The van der Waals surface area contributed by atoms with Gasteiger partial charge in [-0.15, -0.1) is 11.3 Å². The third kappa shape index (κ3) is 3.88. The third-order valence-electron chi connectivity index (χ3n) is 5.28. The lowest BCUT2D eigenvalue weighted by Crippen LogP contribution is -2.28. The van der Waals surface area contributed by atoms with E-state index in [0.717, 1.165) is 21.8 Å². The molecule has 0 saturated carbocycles. The second kappa shape index (κ2) is 7.94. The van der Waals surface area contributed by atoms with E-state index in [9.17, 15) is 9.59 Å². The van der Waals surface area contributed by atoms with Gasteiger partial charge in [-0.05, 0) is 55.8 Å². The molecule has 0 unspecified atom stereocenters. The molecule has 8 heteroatoms. The first-order chi connectivity index (χ1) is 15.0. The summed E-state index contributed by atoms with van der Waals surface area (Å²) in [5.41, 5.74) is 4.49. The minimum Gasteiger partial charge on any atom is -0.326 e. The van der Waals surface area contributed by atoms with Crippen molar-refractivity contribution in [2.45, 2.75) is 31.5 Å². The molecular formula is C23H20N4O2S2. The van der Waals surface area contributed by atoms with Gasteiger partial charge in [0, 0.05) is 35.2 Å². The highest BCUT2D eigenvalue weighted by Gasteiger charge is 2.27. The molecule has 0 aliphatic carbocycles. The number of fused-ring (bicyclic) bond motifs is 2. The zero-order valence-corrected chi connectivity index (χ0v) is 18.7. The Morgan fingerprint density at radius 1 is 1.19 bits per heavy atom. The van der Waals surface area contributed by atoms with E-state index in [1.807, 2.05) is 30.3 Å². The SMILES string of the molecule is Cc1ccc2nc(-c3ccc(NC(=O)C[C@H]4CSc5ncc(C)c(=O)n54)cc3)sc2c1. The van der Waals surface area contributed by atoms with Gasteiger partial charge in [-0.1, -0.05) is 17.8 Å². The fourth-order valence-corrected chi connectivity index (χ4v) is 5.82. The lowest BCUT2D eigenvalue weighted by molar-refractivity contribution is -0.116. The number of aryl methyl sites for hydroxylation is 2. The van der Waals surface area contributed by atoms with Crippen molar-refractivity contribution < 1.29 is 4.79 Å². The molecule has 1 aliphatic heterocycles. The van der Waals surface area contributed by atoms with Gasteiger partial charge in [0.2, 0.25) is 5.91 Å². The van der Waals surface area contributed by atoms with Gasteiger partial charge < -0.3 is 5.32 Å². The van der Waals surface area contributed by atoms with Crippen LogP contribution >= 0.6 is 23.1 Å². The summed E-state index contributed by atoms with van der Waals surface area (Å²) in [6.45, 7) is 3.82. The maximum absolute atomic E-state index is 12.6. The van der Waals surface area contributed by atoms with Crippen molar-refractivity contribution in [2.75, 3.05) is 11.1 Å². The van der Waals surface area contributed by atoms with E-state index in [1.165, 1.54) is 22.0 Å². The predicted octanol–water partition coefficient (Wildman–Crippen LogP) is 4.81. The van der Waals surface area contributed by atoms with Crippen molar-refractivity contribution >= 4 is 44.9 Å². The number of rotatable bonds is 4. The van der Waals surface area contributed by atoms with Crippen LogP contribution in [0, 0.1) is 13.8 Å². The standard InChI is InChI=1S/C23H20N4O2S2/c1-13-3-8-18-19(9-13)31-21(26-18)15-4-6-16(7-5-15)25-20(28)10-17-12-30-23-24-11-14(2)22(29)27(17)23/h3-9,11,17H,10,12H2,1-2H3,(H,25,28)/t17-/m0/s1. The molecule has 2 aromatic heterocycles. The minimum atomic E-state index is -0.176. The van der Waals surface area contributed by atoms with E-state index < -0.39 is 0 Å². The number of benzene rings is 2. The Labute approximate surface area is 187 Å². The number of thiazole rings is 1. The fraction of sp³-hybridized carbons (Fsp3) is 0.217. The van der Waals surface area contributed by atoms with Gasteiger partial charge in [0.1, 0.15) is 5.01 Å². The number of thioether (sulfide) groups is 1. The van der Waals surface area contributed by atoms with E-state index in [4.69, 9.17) is 4.98 Å². The first-order valence-corrected chi connectivity index (χ1v) is 11.8. The van der Waals surface area contributed by atoms with Gasteiger partial charge in [-0.3, -0.25) is 14.2 Å². The van der Waals surface area contributed by atoms with Crippen LogP contribution in [-0.2, 0) is 4.79 Å². The summed E-state index contributed by atoms with van der Waals surface area (Å²) in [6.07, 6.45) is 1.84. The van der Waals surface area contributed by atoms with Crippen molar-refractivity contribution in [3.05, 3.63) is 70.1 Å². The highest BCUT2D eigenvalue weighted by molar-refractivity contribution is 7.99. The van der Waals surface area contributed by atoms with Crippen LogP contribution < -0.4 is 10.9 Å². The monoisotopic (exact) mass is 448 g/mol. The number of nitrogens with zero attached hydrogens (tertiary/aromatic N) is 3. The van der Waals surface area contributed by atoms with Crippen LogP contribution in [-0.4, -0.2) is 26.2 Å². The quantitative estimate of drug-likeness (QED) is 0.453. The zero-order chi connectivity index (χ0) is 21.5. The summed E-state index contributed by atoms with van der Waals surface area (Å²) < 4.78 is 2.82. The van der Waals surface area contributed by atoms with Crippen molar-refractivity contribution in [1.29, 1.82) is 0 Å². The van der Waals surface area contributed by atoms with Crippen LogP contribution in [0.1, 0.15) is 23.6 Å². The highest BCUT2D eigenvalue weighted by Crippen LogP contribution is 2.33. The first kappa shape index (κ1) is 20.0. The summed E-state index contributed by atoms with van der Waals surface area (Å²) in [6, 6.07) is 13.8. The fourth-order valence-electron chi connectivity index (χ4n) is 3.65.